The Labute approximate surface area is 167 Å². The minimum absolute atomic E-state index is 0.103. The number of amides is 1. The van der Waals surface area contributed by atoms with Crippen LogP contribution in [0.2, 0.25) is 0 Å². The van der Waals surface area contributed by atoms with E-state index in [1.165, 1.54) is 0 Å². The zero-order valence-electron chi connectivity index (χ0n) is 15.8. The zero-order valence-corrected chi connectivity index (χ0v) is 16.6. The first-order chi connectivity index (χ1) is 13.7. The van der Waals surface area contributed by atoms with E-state index in [0.29, 0.717) is 31.5 Å². The molecule has 28 heavy (non-hydrogen) atoms. The standard InChI is InChI=1S/C19H22N4O4S/c1-25-10-9-23(12-17(24)20-14-5-7-15(26-2)8-6-14)13-18-21-22-19(27-18)16-4-3-11-28-16/h3-8,11H,9-10,12-13H2,1-2H3,(H,20,24)/p+1. The van der Waals surface area contributed by atoms with E-state index >= 15 is 0 Å². The summed E-state index contributed by atoms with van der Waals surface area (Å²) in [7, 11) is 3.24. The van der Waals surface area contributed by atoms with Gasteiger partial charge in [0, 0.05) is 12.8 Å². The number of methoxy groups -OCH3 is 2. The number of nitrogens with one attached hydrogen (secondary N) is 2. The van der Waals surface area contributed by atoms with Crippen LogP contribution in [0.25, 0.3) is 10.8 Å². The fourth-order valence-electron chi connectivity index (χ4n) is 2.63. The van der Waals surface area contributed by atoms with Crippen molar-refractivity contribution in [3.63, 3.8) is 0 Å². The number of rotatable bonds is 10. The van der Waals surface area contributed by atoms with Crippen molar-refractivity contribution in [3.8, 4) is 16.5 Å². The lowest BCUT2D eigenvalue weighted by molar-refractivity contribution is -0.907. The Balaban J connectivity index is 1.60. The van der Waals surface area contributed by atoms with Gasteiger partial charge in [-0.2, -0.15) is 0 Å². The van der Waals surface area contributed by atoms with Gasteiger partial charge in [-0.05, 0) is 35.7 Å². The second kappa shape index (κ2) is 9.98. The highest BCUT2D eigenvalue weighted by molar-refractivity contribution is 7.13. The van der Waals surface area contributed by atoms with Crippen molar-refractivity contribution in [2.45, 2.75) is 6.54 Å². The molecule has 0 aliphatic carbocycles. The monoisotopic (exact) mass is 403 g/mol. The van der Waals surface area contributed by atoms with Gasteiger partial charge in [-0.25, -0.2) is 0 Å². The maximum Gasteiger partial charge on any atom is 0.279 e. The molecule has 0 aliphatic heterocycles. The molecule has 0 saturated heterocycles. The van der Waals surface area contributed by atoms with Crippen LogP contribution in [0.3, 0.4) is 0 Å². The van der Waals surface area contributed by atoms with Gasteiger partial charge in [0.05, 0.1) is 18.6 Å². The predicted octanol–water partition coefficient (Wildman–Crippen LogP) is 1.48. The van der Waals surface area contributed by atoms with E-state index in [9.17, 15) is 4.79 Å². The average Bonchev–Trinajstić information content (AvgIpc) is 3.38. The van der Waals surface area contributed by atoms with Crippen LogP contribution in [0.1, 0.15) is 5.89 Å². The third-order valence-corrected chi connectivity index (χ3v) is 4.90. The molecule has 148 valence electrons. The number of carbonyl (C=O) groups excluding carboxylic acids is 1. The van der Waals surface area contributed by atoms with E-state index in [1.807, 2.05) is 17.5 Å². The normalized spacial score (nSPS) is 11.9. The van der Waals surface area contributed by atoms with Gasteiger partial charge in [-0.1, -0.05) is 6.07 Å². The molecule has 8 nitrogen and oxygen atoms in total. The number of quaternary nitrogens is 1. The van der Waals surface area contributed by atoms with E-state index in [1.54, 1.807) is 49.8 Å². The van der Waals surface area contributed by atoms with Crippen LogP contribution in [0.15, 0.2) is 46.2 Å². The van der Waals surface area contributed by atoms with Gasteiger partial charge in [0.1, 0.15) is 12.3 Å². The Morgan fingerprint density at radius 3 is 2.71 bits per heavy atom. The number of nitrogens with zero attached hydrogens (tertiary/aromatic N) is 2. The van der Waals surface area contributed by atoms with Crippen molar-refractivity contribution < 1.29 is 23.6 Å². The molecule has 0 bridgehead atoms. The molecule has 2 heterocycles. The summed E-state index contributed by atoms with van der Waals surface area (Å²) >= 11 is 1.54. The summed E-state index contributed by atoms with van der Waals surface area (Å²) in [4.78, 5) is 14.3. The molecule has 0 radical (unpaired) electrons. The molecule has 0 spiro atoms. The van der Waals surface area contributed by atoms with E-state index in [2.05, 4.69) is 15.5 Å². The Kier molecular flexibility index (Phi) is 7.12. The third kappa shape index (κ3) is 5.62. The number of hydrogen-bond donors (Lipinski definition) is 2. The summed E-state index contributed by atoms with van der Waals surface area (Å²) in [6.07, 6.45) is 0. The quantitative estimate of drug-likeness (QED) is 0.533. The lowest BCUT2D eigenvalue weighted by Gasteiger charge is -2.17. The van der Waals surface area contributed by atoms with Crippen molar-refractivity contribution in [2.75, 3.05) is 39.2 Å². The number of ether oxygens (including phenoxy) is 2. The Morgan fingerprint density at radius 2 is 2.04 bits per heavy atom. The minimum Gasteiger partial charge on any atom is -0.497 e. The first kappa shape index (κ1) is 20.0. The van der Waals surface area contributed by atoms with Crippen LogP contribution in [0.5, 0.6) is 5.75 Å². The largest absolute Gasteiger partial charge is 0.497 e. The highest BCUT2D eigenvalue weighted by Gasteiger charge is 2.19. The minimum atomic E-state index is -0.103. The molecule has 2 N–H and O–H groups in total. The summed E-state index contributed by atoms with van der Waals surface area (Å²) in [5, 5.41) is 13.1. The summed E-state index contributed by atoms with van der Waals surface area (Å²) in [5.41, 5.74) is 0.717. The molecule has 1 aromatic carbocycles. The highest BCUT2D eigenvalue weighted by Crippen LogP contribution is 2.22. The van der Waals surface area contributed by atoms with Crippen molar-refractivity contribution in [1.82, 2.24) is 10.2 Å². The summed E-state index contributed by atoms with van der Waals surface area (Å²) < 4.78 is 16.0. The van der Waals surface area contributed by atoms with Gasteiger partial charge in [-0.15, -0.1) is 21.5 Å². The Bertz CT molecular complexity index is 864. The van der Waals surface area contributed by atoms with Crippen molar-refractivity contribution >= 4 is 22.9 Å². The zero-order chi connectivity index (χ0) is 19.8. The van der Waals surface area contributed by atoms with Crippen LogP contribution >= 0.6 is 11.3 Å². The van der Waals surface area contributed by atoms with Crippen molar-refractivity contribution in [3.05, 3.63) is 47.7 Å². The maximum atomic E-state index is 12.5. The number of anilines is 1. The van der Waals surface area contributed by atoms with Gasteiger partial charge in [0.2, 0.25) is 0 Å². The Morgan fingerprint density at radius 1 is 1.21 bits per heavy atom. The van der Waals surface area contributed by atoms with Gasteiger partial charge < -0.3 is 24.1 Å². The van der Waals surface area contributed by atoms with E-state index in [-0.39, 0.29) is 12.5 Å². The molecule has 3 aromatic rings. The summed E-state index contributed by atoms with van der Waals surface area (Å²) in [5.74, 6) is 1.63. The first-order valence-corrected chi connectivity index (χ1v) is 9.68. The number of aromatic nitrogens is 2. The number of carbonyl (C=O) groups is 1. The molecule has 1 unspecified atom stereocenters. The van der Waals surface area contributed by atoms with Crippen molar-refractivity contribution in [2.24, 2.45) is 0 Å². The summed E-state index contributed by atoms with van der Waals surface area (Å²) in [6, 6.07) is 11.1. The molecule has 0 fully saturated rings. The third-order valence-electron chi connectivity index (χ3n) is 4.04. The van der Waals surface area contributed by atoms with Crippen LogP contribution < -0.4 is 15.0 Å². The topological polar surface area (TPSA) is 90.9 Å². The molecule has 9 heteroatoms. The second-order valence-corrected chi connectivity index (χ2v) is 7.05. The Hall–Kier alpha value is -2.75. The van der Waals surface area contributed by atoms with Crippen molar-refractivity contribution in [1.29, 1.82) is 0 Å². The highest BCUT2D eigenvalue weighted by atomic mass is 32.1. The van der Waals surface area contributed by atoms with E-state index in [0.717, 1.165) is 21.2 Å². The van der Waals surface area contributed by atoms with Crippen LogP contribution in [-0.4, -0.2) is 50.0 Å². The molecular formula is C19H23N4O4S+. The maximum absolute atomic E-state index is 12.5. The SMILES string of the molecule is COCC[NH+](CC(=O)Nc1ccc(OC)cc1)Cc1nnc(-c2cccs2)o1. The molecular weight excluding hydrogens is 380 g/mol. The fourth-order valence-corrected chi connectivity index (χ4v) is 3.28. The average molecular weight is 403 g/mol. The van der Waals surface area contributed by atoms with E-state index < -0.39 is 0 Å². The molecule has 1 amide bonds. The van der Waals surface area contributed by atoms with Gasteiger partial charge in [0.15, 0.2) is 13.1 Å². The number of hydrogen-bond acceptors (Lipinski definition) is 7. The van der Waals surface area contributed by atoms with Crippen LogP contribution in [0.4, 0.5) is 5.69 Å². The second-order valence-electron chi connectivity index (χ2n) is 6.10. The first-order valence-electron chi connectivity index (χ1n) is 8.80. The van der Waals surface area contributed by atoms with Gasteiger partial charge in [-0.3, -0.25) is 4.79 Å². The molecule has 2 aromatic heterocycles. The predicted molar refractivity (Wildman–Crippen MR) is 106 cm³/mol. The fraction of sp³-hybridized carbons (Fsp3) is 0.316. The van der Waals surface area contributed by atoms with Crippen LogP contribution in [-0.2, 0) is 16.1 Å². The molecule has 0 saturated carbocycles. The molecule has 1 atom stereocenters. The lowest BCUT2D eigenvalue weighted by atomic mass is 10.3. The van der Waals surface area contributed by atoms with E-state index in [4.69, 9.17) is 13.9 Å². The number of benzene rings is 1. The smallest absolute Gasteiger partial charge is 0.279 e. The molecule has 3 rings (SSSR count). The van der Waals surface area contributed by atoms with Gasteiger partial charge in [0.25, 0.3) is 17.7 Å². The van der Waals surface area contributed by atoms with Crippen LogP contribution in [0, 0.1) is 0 Å². The van der Waals surface area contributed by atoms with Gasteiger partial charge >= 0.3 is 0 Å². The number of thiophene rings is 1. The lowest BCUT2D eigenvalue weighted by Crippen LogP contribution is -3.12. The summed E-state index contributed by atoms with van der Waals surface area (Å²) in [6.45, 7) is 1.87. The molecule has 0 aliphatic rings.